The van der Waals surface area contributed by atoms with E-state index >= 15 is 0 Å². The number of benzene rings is 1. The smallest absolute Gasteiger partial charge is 0.227 e. The fourth-order valence-corrected chi connectivity index (χ4v) is 2.70. The molecule has 0 aliphatic carbocycles. The topological polar surface area (TPSA) is 59.5 Å². The average Bonchev–Trinajstić information content (AvgIpc) is 2.97. The number of rotatable bonds is 3. The molecule has 104 valence electrons. The molecule has 1 aromatic carbocycles. The molecule has 0 atom stereocenters. The highest BCUT2D eigenvalue weighted by Crippen LogP contribution is 2.29. The zero-order valence-corrected chi connectivity index (χ0v) is 11.3. The summed E-state index contributed by atoms with van der Waals surface area (Å²) in [6.07, 6.45) is 4.73. The third-order valence-electron chi connectivity index (χ3n) is 3.69. The Morgan fingerprint density at radius 2 is 2.25 bits per heavy atom. The van der Waals surface area contributed by atoms with Crippen molar-refractivity contribution in [2.45, 2.75) is 25.7 Å². The number of nitrogens with zero attached hydrogens (tertiary/aromatic N) is 1. The van der Waals surface area contributed by atoms with Crippen molar-refractivity contribution in [3.05, 3.63) is 47.9 Å². The van der Waals surface area contributed by atoms with Gasteiger partial charge in [0, 0.05) is 30.8 Å². The van der Waals surface area contributed by atoms with Crippen LogP contribution < -0.4 is 10.6 Å². The van der Waals surface area contributed by atoms with E-state index in [-0.39, 0.29) is 5.91 Å². The number of anilines is 2. The molecule has 4 heteroatoms. The van der Waals surface area contributed by atoms with Crippen LogP contribution in [0.5, 0.6) is 0 Å². The second-order valence-electron chi connectivity index (χ2n) is 5.12. The van der Waals surface area contributed by atoms with Crippen molar-refractivity contribution in [2.24, 2.45) is 0 Å². The van der Waals surface area contributed by atoms with Crippen LogP contribution in [-0.4, -0.2) is 12.5 Å². The quantitative estimate of drug-likeness (QED) is 0.872. The first-order chi connectivity index (χ1) is 9.74. The Kier molecular flexibility index (Phi) is 3.46. The number of nitrogens with two attached hydrogens (primary N) is 1. The molecule has 4 nitrogen and oxygen atoms in total. The Morgan fingerprint density at radius 1 is 1.35 bits per heavy atom. The van der Waals surface area contributed by atoms with Crippen molar-refractivity contribution in [1.29, 1.82) is 0 Å². The number of aryl methyl sites for hydroxylation is 2. The Balaban J connectivity index is 1.73. The highest BCUT2D eigenvalue weighted by Gasteiger charge is 2.22. The predicted molar refractivity (Wildman–Crippen MR) is 78.6 cm³/mol. The minimum Gasteiger partial charge on any atom is -0.469 e. The molecule has 3 rings (SSSR count). The van der Waals surface area contributed by atoms with Gasteiger partial charge >= 0.3 is 0 Å². The summed E-state index contributed by atoms with van der Waals surface area (Å²) in [5.74, 6) is 1.00. The van der Waals surface area contributed by atoms with E-state index in [9.17, 15) is 4.79 Å². The maximum Gasteiger partial charge on any atom is 0.227 e. The van der Waals surface area contributed by atoms with Crippen molar-refractivity contribution in [1.82, 2.24) is 0 Å². The summed E-state index contributed by atoms with van der Waals surface area (Å²) in [5, 5.41) is 0. The first-order valence-corrected chi connectivity index (χ1v) is 6.95. The maximum atomic E-state index is 12.4. The largest absolute Gasteiger partial charge is 0.469 e. The molecule has 0 unspecified atom stereocenters. The van der Waals surface area contributed by atoms with E-state index in [1.807, 2.05) is 35.2 Å². The molecule has 1 aliphatic heterocycles. The van der Waals surface area contributed by atoms with Gasteiger partial charge in [-0.3, -0.25) is 4.79 Å². The lowest BCUT2D eigenvalue weighted by atomic mass is 10.0. The normalized spacial score (nSPS) is 14.1. The summed E-state index contributed by atoms with van der Waals surface area (Å²) in [5.41, 5.74) is 8.75. The standard InChI is InChI=1S/C16H18N2O2/c17-13-5-7-15-12(11-13)3-1-9-18(15)16(19)8-6-14-4-2-10-20-14/h2,4-5,7,10-11H,1,3,6,8-9,17H2. The van der Waals surface area contributed by atoms with E-state index in [0.29, 0.717) is 12.8 Å². The molecular weight excluding hydrogens is 252 g/mol. The van der Waals surface area contributed by atoms with E-state index in [2.05, 4.69) is 0 Å². The molecule has 20 heavy (non-hydrogen) atoms. The van der Waals surface area contributed by atoms with E-state index in [1.54, 1.807) is 6.26 Å². The molecule has 1 aromatic heterocycles. The summed E-state index contributed by atoms with van der Waals surface area (Å²) in [6, 6.07) is 9.53. The second-order valence-corrected chi connectivity index (χ2v) is 5.12. The highest BCUT2D eigenvalue weighted by atomic mass is 16.3. The van der Waals surface area contributed by atoms with Gasteiger partial charge in [0.05, 0.1) is 6.26 Å². The van der Waals surface area contributed by atoms with Crippen LogP contribution in [-0.2, 0) is 17.6 Å². The molecule has 0 saturated carbocycles. The minimum atomic E-state index is 0.145. The Morgan fingerprint density at radius 3 is 3.05 bits per heavy atom. The summed E-state index contributed by atoms with van der Waals surface area (Å²) in [4.78, 5) is 14.3. The summed E-state index contributed by atoms with van der Waals surface area (Å²) in [7, 11) is 0. The van der Waals surface area contributed by atoms with Gasteiger partial charge in [-0.1, -0.05) is 0 Å². The third kappa shape index (κ3) is 2.54. The number of carbonyl (C=O) groups excluding carboxylic acids is 1. The number of fused-ring (bicyclic) bond motifs is 1. The van der Waals surface area contributed by atoms with Crippen LogP contribution in [0.3, 0.4) is 0 Å². The monoisotopic (exact) mass is 270 g/mol. The van der Waals surface area contributed by atoms with Crippen LogP contribution in [0.2, 0.25) is 0 Å². The number of carbonyl (C=O) groups is 1. The van der Waals surface area contributed by atoms with Gasteiger partial charge in [-0.05, 0) is 48.7 Å². The van der Waals surface area contributed by atoms with Crippen molar-refractivity contribution < 1.29 is 9.21 Å². The van der Waals surface area contributed by atoms with E-state index in [1.165, 1.54) is 5.56 Å². The van der Waals surface area contributed by atoms with Crippen LogP contribution in [0.25, 0.3) is 0 Å². The molecule has 0 spiro atoms. The predicted octanol–water partition coefficient (Wildman–Crippen LogP) is 2.77. The molecule has 0 saturated heterocycles. The summed E-state index contributed by atoms with van der Waals surface area (Å²) >= 11 is 0. The van der Waals surface area contributed by atoms with Crippen LogP contribution >= 0.6 is 0 Å². The lowest BCUT2D eigenvalue weighted by Crippen LogP contribution is -2.35. The molecular formula is C16H18N2O2. The number of hydrogen-bond acceptors (Lipinski definition) is 3. The van der Waals surface area contributed by atoms with Crippen molar-refractivity contribution in [3.8, 4) is 0 Å². The second kappa shape index (κ2) is 5.41. The number of nitrogen functional groups attached to an aromatic ring is 1. The van der Waals surface area contributed by atoms with Crippen LogP contribution in [0, 0.1) is 0 Å². The third-order valence-corrected chi connectivity index (χ3v) is 3.69. The van der Waals surface area contributed by atoms with E-state index in [4.69, 9.17) is 10.2 Å². The Labute approximate surface area is 118 Å². The van der Waals surface area contributed by atoms with Gasteiger partial charge in [0.15, 0.2) is 0 Å². The van der Waals surface area contributed by atoms with Gasteiger partial charge in [0.1, 0.15) is 5.76 Å². The molecule has 0 fully saturated rings. The number of amides is 1. The zero-order chi connectivity index (χ0) is 13.9. The lowest BCUT2D eigenvalue weighted by molar-refractivity contribution is -0.118. The van der Waals surface area contributed by atoms with Gasteiger partial charge in [0.25, 0.3) is 0 Å². The zero-order valence-electron chi connectivity index (χ0n) is 11.3. The Bertz CT molecular complexity index is 605. The van der Waals surface area contributed by atoms with Gasteiger partial charge in [0.2, 0.25) is 5.91 Å². The molecule has 2 heterocycles. The SMILES string of the molecule is Nc1ccc2c(c1)CCCN2C(=O)CCc1ccco1. The van der Waals surface area contributed by atoms with Crippen molar-refractivity contribution in [2.75, 3.05) is 17.2 Å². The maximum absolute atomic E-state index is 12.4. The lowest BCUT2D eigenvalue weighted by Gasteiger charge is -2.29. The van der Waals surface area contributed by atoms with Crippen LogP contribution in [0.1, 0.15) is 24.2 Å². The number of furan rings is 1. The Hall–Kier alpha value is -2.23. The van der Waals surface area contributed by atoms with Crippen LogP contribution in [0.4, 0.5) is 11.4 Å². The van der Waals surface area contributed by atoms with E-state index < -0.39 is 0 Å². The molecule has 1 aliphatic rings. The summed E-state index contributed by atoms with van der Waals surface area (Å²) < 4.78 is 5.27. The van der Waals surface area contributed by atoms with Crippen molar-refractivity contribution >= 4 is 17.3 Å². The highest BCUT2D eigenvalue weighted by molar-refractivity contribution is 5.94. The number of hydrogen-bond donors (Lipinski definition) is 1. The van der Waals surface area contributed by atoms with Crippen LogP contribution in [0.15, 0.2) is 41.0 Å². The fraction of sp³-hybridized carbons (Fsp3) is 0.312. The van der Waals surface area contributed by atoms with Crippen molar-refractivity contribution in [3.63, 3.8) is 0 Å². The van der Waals surface area contributed by atoms with Gasteiger partial charge in [-0.25, -0.2) is 0 Å². The molecule has 0 radical (unpaired) electrons. The first kappa shape index (κ1) is 12.8. The average molecular weight is 270 g/mol. The molecule has 2 aromatic rings. The molecule has 2 N–H and O–H groups in total. The van der Waals surface area contributed by atoms with Gasteiger partial charge < -0.3 is 15.1 Å². The molecule has 0 bridgehead atoms. The summed E-state index contributed by atoms with van der Waals surface area (Å²) in [6.45, 7) is 0.786. The first-order valence-electron chi connectivity index (χ1n) is 6.95. The van der Waals surface area contributed by atoms with Gasteiger partial charge in [-0.2, -0.15) is 0 Å². The minimum absolute atomic E-state index is 0.145. The van der Waals surface area contributed by atoms with E-state index in [0.717, 1.165) is 36.5 Å². The van der Waals surface area contributed by atoms with Gasteiger partial charge in [-0.15, -0.1) is 0 Å². The molecule has 1 amide bonds. The fourth-order valence-electron chi connectivity index (χ4n) is 2.70.